The van der Waals surface area contributed by atoms with Crippen LogP contribution in [-0.4, -0.2) is 8.42 Å². The molecule has 0 heterocycles. The van der Waals surface area contributed by atoms with Crippen molar-refractivity contribution in [2.45, 2.75) is 17.2 Å². The van der Waals surface area contributed by atoms with Gasteiger partial charge in [-0.25, -0.2) is 8.42 Å². The monoisotopic (exact) mass is 447 g/mol. The van der Waals surface area contributed by atoms with Crippen molar-refractivity contribution in [2.24, 2.45) is 0 Å². The van der Waals surface area contributed by atoms with Gasteiger partial charge in [0.25, 0.3) is 10.0 Å². The molecule has 11 heteroatoms. The molecule has 0 radical (unpaired) electrons. The summed E-state index contributed by atoms with van der Waals surface area (Å²) >= 11 is 2.65. The van der Waals surface area contributed by atoms with E-state index in [2.05, 4.69) is 15.9 Å². The number of hydrogen-bond acceptors (Lipinski definition) is 2. The second kappa shape index (κ2) is 6.52. The summed E-state index contributed by atoms with van der Waals surface area (Å²) in [5.74, 6) is 0. The van der Waals surface area contributed by atoms with Gasteiger partial charge in [0.05, 0.1) is 21.7 Å². The Balaban J connectivity index is 2.49. The van der Waals surface area contributed by atoms with E-state index < -0.39 is 48.6 Å². The Hall–Kier alpha value is -1.75. The van der Waals surface area contributed by atoms with Crippen LogP contribution in [0.1, 0.15) is 11.1 Å². The minimum Gasteiger partial charge on any atom is -0.279 e. The average Bonchev–Trinajstić information content (AvgIpc) is 2.45. The molecule has 1 N–H and O–H groups in total. The van der Waals surface area contributed by atoms with Gasteiger partial charge in [-0.05, 0) is 30.3 Å². The summed E-state index contributed by atoms with van der Waals surface area (Å²) in [5.41, 5.74) is -3.31. The van der Waals surface area contributed by atoms with Crippen molar-refractivity contribution >= 4 is 31.6 Å². The van der Waals surface area contributed by atoms with Crippen LogP contribution in [0.25, 0.3) is 0 Å². The van der Waals surface area contributed by atoms with Crippen molar-refractivity contribution in [1.29, 1.82) is 0 Å². The van der Waals surface area contributed by atoms with Crippen molar-refractivity contribution < 1.29 is 34.8 Å². The van der Waals surface area contributed by atoms with E-state index in [1.54, 1.807) is 4.72 Å². The summed E-state index contributed by atoms with van der Waals surface area (Å²) in [6.45, 7) is 0. The summed E-state index contributed by atoms with van der Waals surface area (Å²) < 4.78 is 103. The topological polar surface area (TPSA) is 46.2 Å². The maximum absolute atomic E-state index is 12.9. The second-order valence-corrected chi connectivity index (χ2v) is 7.32. The van der Waals surface area contributed by atoms with E-state index in [1.165, 1.54) is 0 Å². The highest BCUT2D eigenvalue weighted by Gasteiger charge is 2.36. The number of rotatable bonds is 3. The van der Waals surface area contributed by atoms with Crippen molar-refractivity contribution in [3.05, 3.63) is 58.1 Å². The summed E-state index contributed by atoms with van der Waals surface area (Å²) in [6.07, 6.45) is -9.68. The lowest BCUT2D eigenvalue weighted by Gasteiger charge is -2.16. The SMILES string of the molecule is O=S(=O)(Nc1ccccc1C(F)(F)F)c1ccc(Br)c(C(F)(F)F)c1. The summed E-state index contributed by atoms with van der Waals surface area (Å²) in [5, 5.41) is 0. The third-order valence-electron chi connectivity index (χ3n) is 3.03. The van der Waals surface area contributed by atoms with Gasteiger partial charge in [-0.3, -0.25) is 4.72 Å². The van der Waals surface area contributed by atoms with E-state index in [4.69, 9.17) is 0 Å². The minimum atomic E-state index is -4.84. The Morgan fingerprint density at radius 2 is 1.40 bits per heavy atom. The molecule has 2 rings (SSSR count). The van der Waals surface area contributed by atoms with Gasteiger partial charge in [0.2, 0.25) is 0 Å². The highest BCUT2D eigenvalue weighted by molar-refractivity contribution is 9.10. The van der Waals surface area contributed by atoms with Gasteiger partial charge in [0.15, 0.2) is 0 Å². The van der Waals surface area contributed by atoms with Crippen LogP contribution in [0.15, 0.2) is 51.8 Å². The molecular weight excluding hydrogens is 440 g/mol. The van der Waals surface area contributed by atoms with Gasteiger partial charge in [-0.15, -0.1) is 0 Å². The molecule has 2 aromatic rings. The maximum atomic E-state index is 12.9. The van der Waals surface area contributed by atoms with Crippen LogP contribution in [0.2, 0.25) is 0 Å². The lowest BCUT2D eigenvalue weighted by atomic mass is 10.2. The molecule has 0 aliphatic carbocycles. The average molecular weight is 448 g/mol. The van der Waals surface area contributed by atoms with Crippen molar-refractivity contribution in [2.75, 3.05) is 4.72 Å². The van der Waals surface area contributed by atoms with E-state index in [1.807, 2.05) is 0 Å². The van der Waals surface area contributed by atoms with Crippen LogP contribution < -0.4 is 4.72 Å². The van der Waals surface area contributed by atoms with E-state index >= 15 is 0 Å². The fraction of sp³-hybridized carbons (Fsp3) is 0.143. The summed E-state index contributed by atoms with van der Waals surface area (Å²) in [6, 6.07) is 5.77. The lowest BCUT2D eigenvalue weighted by Crippen LogP contribution is -2.18. The van der Waals surface area contributed by atoms with Gasteiger partial charge in [-0.1, -0.05) is 28.1 Å². The number of anilines is 1. The molecule has 0 bridgehead atoms. The zero-order chi connectivity index (χ0) is 19.0. The molecule has 2 aromatic carbocycles. The van der Waals surface area contributed by atoms with Crippen molar-refractivity contribution in [3.63, 3.8) is 0 Å². The standard InChI is InChI=1S/C14H8BrF6NO2S/c15-11-6-5-8(7-10(11)14(19,20)21)25(23,24)22-12-4-2-1-3-9(12)13(16,17)18/h1-7,22H. The number of sulfonamides is 1. The van der Waals surface area contributed by atoms with Gasteiger partial charge >= 0.3 is 12.4 Å². The van der Waals surface area contributed by atoms with Gasteiger partial charge in [-0.2, -0.15) is 26.3 Å². The molecule has 0 aliphatic rings. The molecule has 0 aromatic heterocycles. The third-order valence-corrected chi connectivity index (χ3v) is 5.08. The van der Waals surface area contributed by atoms with Gasteiger partial charge in [0, 0.05) is 4.47 Å². The Bertz CT molecular complexity index is 893. The van der Waals surface area contributed by atoms with Gasteiger partial charge in [0.1, 0.15) is 0 Å². The Morgan fingerprint density at radius 1 is 0.840 bits per heavy atom. The van der Waals surface area contributed by atoms with Crippen LogP contribution in [0.3, 0.4) is 0 Å². The number of hydrogen-bond donors (Lipinski definition) is 1. The summed E-state index contributed by atoms with van der Waals surface area (Å²) in [7, 11) is -4.67. The first-order chi connectivity index (χ1) is 11.3. The van der Waals surface area contributed by atoms with Crippen molar-refractivity contribution in [3.8, 4) is 0 Å². The molecule has 3 nitrogen and oxygen atoms in total. The second-order valence-electron chi connectivity index (χ2n) is 4.79. The molecule has 0 saturated carbocycles. The molecule has 0 saturated heterocycles. The van der Waals surface area contributed by atoms with Crippen LogP contribution >= 0.6 is 15.9 Å². The highest BCUT2D eigenvalue weighted by Crippen LogP contribution is 2.38. The van der Waals surface area contributed by atoms with Gasteiger partial charge < -0.3 is 0 Å². The Labute approximate surface area is 146 Å². The first-order valence-corrected chi connectivity index (χ1v) is 8.66. The zero-order valence-corrected chi connectivity index (χ0v) is 14.3. The first-order valence-electron chi connectivity index (χ1n) is 6.38. The number of benzene rings is 2. The molecule has 0 amide bonds. The zero-order valence-electron chi connectivity index (χ0n) is 11.9. The Kier molecular flexibility index (Phi) is 5.11. The first kappa shape index (κ1) is 19.6. The largest absolute Gasteiger partial charge is 0.418 e. The van der Waals surface area contributed by atoms with Crippen molar-refractivity contribution in [1.82, 2.24) is 0 Å². The third kappa shape index (κ3) is 4.46. The predicted octanol–water partition coefficient (Wildman–Crippen LogP) is 5.29. The predicted molar refractivity (Wildman–Crippen MR) is 81.4 cm³/mol. The smallest absolute Gasteiger partial charge is 0.279 e. The molecule has 0 atom stereocenters. The van der Waals surface area contributed by atoms with E-state index in [0.29, 0.717) is 12.1 Å². The lowest BCUT2D eigenvalue weighted by molar-refractivity contribution is -0.138. The molecule has 25 heavy (non-hydrogen) atoms. The molecule has 0 aliphatic heterocycles. The quantitative estimate of drug-likeness (QED) is 0.650. The number of para-hydroxylation sites is 1. The minimum absolute atomic E-state index is 0.336. The van der Waals surface area contributed by atoms with E-state index in [0.717, 1.165) is 30.3 Å². The molecule has 136 valence electrons. The number of halogens is 7. The van der Waals surface area contributed by atoms with Crippen LogP contribution in [0.5, 0.6) is 0 Å². The maximum Gasteiger partial charge on any atom is 0.418 e. The fourth-order valence-corrected chi connectivity index (χ4v) is 3.49. The summed E-state index contributed by atoms with van der Waals surface area (Å²) in [4.78, 5) is -0.819. The normalized spacial score (nSPS) is 12.9. The van der Waals surface area contributed by atoms with Crippen LogP contribution in [-0.2, 0) is 22.4 Å². The van der Waals surface area contributed by atoms with Crippen LogP contribution in [0.4, 0.5) is 32.0 Å². The molecular formula is C14H8BrF6NO2S. The Morgan fingerprint density at radius 3 is 1.96 bits per heavy atom. The van der Waals surface area contributed by atoms with Crippen LogP contribution in [0, 0.1) is 0 Å². The molecule has 0 spiro atoms. The van der Waals surface area contributed by atoms with E-state index in [-0.39, 0.29) is 0 Å². The highest BCUT2D eigenvalue weighted by atomic mass is 79.9. The molecule has 0 fully saturated rings. The molecule has 0 unspecified atom stereocenters. The number of nitrogens with one attached hydrogen (secondary N) is 1. The number of alkyl halides is 6. The van der Waals surface area contributed by atoms with E-state index in [9.17, 15) is 34.8 Å². The fourth-order valence-electron chi connectivity index (χ4n) is 1.91.